The van der Waals surface area contributed by atoms with Crippen LogP contribution < -0.4 is 10.6 Å². The van der Waals surface area contributed by atoms with Crippen molar-refractivity contribution in [1.29, 1.82) is 0 Å². The van der Waals surface area contributed by atoms with Gasteiger partial charge in [0.1, 0.15) is 0 Å². The third kappa shape index (κ3) is 4.45. The molecule has 20 heavy (non-hydrogen) atoms. The fraction of sp³-hybridized carbons (Fsp3) is 0.938. The van der Waals surface area contributed by atoms with Crippen LogP contribution in [0.3, 0.4) is 0 Å². The molecule has 0 radical (unpaired) electrons. The highest BCUT2D eigenvalue weighted by Gasteiger charge is 2.29. The molecule has 2 fully saturated rings. The summed E-state index contributed by atoms with van der Waals surface area (Å²) in [6.07, 6.45) is 5.18. The number of hydrogen-bond acceptors (Lipinski definition) is 3. The Kier molecular flexibility index (Phi) is 5.85. The molecule has 0 aliphatic carbocycles. The summed E-state index contributed by atoms with van der Waals surface area (Å²) in [6, 6.07) is 0.954. The molecule has 0 aromatic carbocycles. The standard InChI is InChI=1S/C16H31N3O/c1-12(2)13(3)18-16(20)11-19-9-5-6-14(10-19)15-7-4-8-17-15/h12-15,17H,4-11H2,1-3H3,(H,18,20). The zero-order valence-corrected chi connectivity index (χ0v) is 13.3. The average molecular weight is 281 g/mol. The zero-order chi connectivity index (χ0) is 14.5. The first-order valence-corrected chi connectivity index (χ1v) is 8.31. The van der Waals surface area contributed by atoms with Gasteiger partial charge >= 0.3 is 0 Å². The number of nitrogens with zero attached hydrogens (tertiary/aromatic N) is 1. The van der Waals surface area contributed by atoms with Gasteiger partial charge in [0.2, 0.25) is 5.91 Å². The van der Waals surface area contributed by atoms with E-state index in [0.717, 1.165) is 19.0 Å². The molecule has 2 rings (SSSR count). The van der Waals surface area contributed by atoms with Gasteiger partial charge in [0.15, 0.2) is 0 Å². The molecule has 0 spiro atoms. The Morgan fingerprint density at radius 1 is 1.30 bits per heavy atom. The predicted molar refractivity (Wildman–Crippen MR) is 82.6 cm³/mol. The first kappa shape index (κ1) is 15.8. The summed E-state index contributed by atoms with van der Waals surface area (Å²) in [5, 5.41) is 6.73. The lowest BCUT2D eigenvalue weighted by molar-refractivity contribution is -0.123. The lowest BCUT2D eigenvalue weighted by atomic mass is 9.90. The van der Waals surface area contributed by atoms with Crippen molar-refractivity contribution in [1.82, 2.24) is 15.5 Å². The van der Waals surface area contributed by atoms with E-state index in [1.165, 1.54) is 32.2 Å². The fourth-order valence-corrected chi connectivity index (χ4v) is 3.35. The minimum absolute atomic E-state index is 0.186. The molecule has 2 aliphatic heterocycles. The molecule has 0 aromatic heterocycles. The van der Waals surface area contributed by atoms with Crippen molar-refractivity contribution in [2.24, 2.45) is 11.8 Å². The van der Waals surface area contributed by atoms with Crippen LogP contribution in [0.25, 0.3) is 0 Å². The van der Waals surface area contributed by atoms with E-state index in [1.54, 1.807) is 0 Å². The van der Waals surface area contributed by atoms with Crippen molar-refractivity contribution in [3.63, 3.8) is 0 Å². The molecule has 4 heteroatoms. The third-order valence-corrected chi connectivity index (χ3v) is 4.97. The molecule has 3 unspecified atom stereocenters. The Balaban J connectivity index is 1.76. The van der Waals surface area contributed by atoms with Gasteiger partial charge in [0, 0.05) is 18.6 Å². The largest absolute Gasteiger partial charge is 0.352 e. The van der Waals surface area contributed by atoms with Crippen LogP contribution in [0.2, 0.25) is 0 Å². The Bertz CT molecular complexity index is 313. The van der Waals surface area contributed by atoms with E-state index in [1.807, 2.05) is 0 Å². The fourth-order valence-electron chi connectivity index (χ4n) is 3.35. The Hall–Kier alpha value is -0.610. The highest BCUT2D eigenvalue weighted by molar-refractivity contribution is 5.78. The Morgan fingerprint density at radius 2 is 2.10 bits per heavy atom. The highest BCUT2D eigenvalue weighted by Crippen LogP contribution is 2.24. The number of rotatable bonds is 5. The third-order valence-electron chi connectivity index (χ3n) is 4.97. The van der Waals surface area contributed by atoms with Gasteiger partial charge in [-0.2, -0.15) is 0 Å². The molecule has 4 nitrogen and oxygen atoms in total. The molecule has 2 heterocycles. The quantitative estimate of drug-likeness (QED) is 0.805. The van der Waals surface area contributed by atoms with Gasteiger partial charge in [0.05, 0.1) is 6.54 Å². The van der Waals surface area contributed by atoms with E-state index in [2.05, 4.69) is 36.3 Å². The summed E-state index contributed by atoms with van der Waals surface area (Å²) in [5.41, 5.74) is 0. The van der Waals surface area contributed by atoms with Gasteiger partial charge in [-0.05, 0) is 57.5 Å². The minimum Gasteiger partial charge on any atom is -0.352 e. The molecule has 1 amide bonds. The molecule has 0 aromatic rings. The molecule has 3 atom stereocenters. The van der Waals surface area contributed by atoms with Crippen molar-refractivity contribution in [2.45, 2.75) is 58.5 Å². The summed E-state index contributed by atoms with van der Waals surface area (Å²) in [6.45, 7) is 10.3. The van der Waals surface area contributed by atoms with Gasteiger partial charge in [0.25, 0.3) is 0 Å². The molecule has 2 N–H and O–H groups in total. The first-order valence-electron chi connectivity index (χ1n) is 8.31. The van der Waals surface area contributed by atoms with Gasteiger partial charge in [-0.3, -0.25) is 9.69 Å². The lowest BCUT2D eigenvalue weighted by Crippen LogP contribution is -2.48. The number of nitrogens with one attached hydrogen (secondary N) is 2. The maximum atomic E-state index is 12.1. The van der Waals surface area contributed by atoms with Gasteiger partial charge in [-0.1, -0.05) is 13.8 Å². The maximum absolute atomic E-state index is 12.1. The number of carbonyl (C=O) groups is 1. The van der Waals surface area contributed by atoms with Crippen LogP contribution in [0.4, 0.5) is 0 Å². The second-order valence-electron chi connectivity index (χ2n) is 6.94. The van der Waals surface area contributed by atoms with Gasteiger partial charge in [-0.25, -0.2) is 0 Å². The van der Waals surface area contributed by atoms with E-state index in [-0.39, 0.29) is 11.9 Å². The van der Waals surface area contributed by atoms with Crippen LogP contribution in [0.1, 0.15) is 46.5 Å². The Labute approximate surface area is 123 Å². The first-order chi connectivity index (χ1) is 9.56. The lowest BCUT2D eigenvalue weighted by Gasteiger charge is -2.35. The van der Waals surface area contributed by atoms with Crippen LogP contribution in [-0.4, -0.2) is 49.1 Å². The second-order valence-corrected chi connectivity index (χ2v) is 6.94. The molecule has 2 saturated heterocycles. The van der Waals surface area contributed by atoms with Crippen LogP contribution in [0.5, 0.6) is 0 Å². The molecule has 2 aliphatic rings. The number of hydrogen-bond donors (Lipinski definition) is 2. The normalized spacial score (nSPS) is 29.6. The van der Waals surface area contributed by atoms with E-state index in [4.69, 9.17) is 0 Å². The number of carbonyl (C=O) groups excluding carboxylic acids is 1. The predicted octanol–water partition coefficient (Wildman–Crippen LogP) is 1.61. The van der Waals surface area contributed by atoms with Crippen LogP contribution in [0.15, 0.2) is 0 Å². The number of amides is 1. The Morgan fingerprint density at radius 3 is 2.75 bits per heavy atom. The topological polar surface area (TPSA) is 44.4 Å². The van der Waals surface area contributed by atoms with Crippen LogP contribution in [-0.2, 0) is 4.79 Å². The van der Waals surface area contributed by atoms with Crippen molar-refractivity contribution >= 4 is 5.91 Å². The number of likely N-dealkylation sites (tertiary alicyclic amines) is 1. The van der Waals surface area contributed by atoms with E-state index < -0.39 is 0 Å². The molecular weight excluding hydrogens is 250 g/mol. The number of piperidine rings is 1. The highest BCUT2D eigenvalue weighted by atomic mass is 16.2. The van der Waals surface area contributed by atoms with Crippen molar-refractivity contribution in [3.8, 4) is 0 Å². The summed E-state index contributed by atoms with van der Waals surface area (Å²) in [5.74, 6) is 1.42. The van der Waals surface area contributed by atoms with Gasteiger partial charge < -0.3 is 10.6 Å². The van der Waals surface area contributed by atoms with Crippen molar-refractivity contribution in [2.75, 3.05) is 26.2 Å². The second kappa shape index (κ2) is 7.41. The molecular formula is C16H31N3O. The van der Waals surface area contributed by atoms with Crippen LogP contribution >= 0.6 is 0 Å². The molecule has 0 saturated carbocycles. The SMILES string of the molecule is CC(C)C(C)NC(=O)CN1CCCC(C2CCCN2)C1. The average Bonchev–Trinajstić information content (AvgIpc) is 2.92. The van der Waals surface area contributed by atoms with E-state index >= 15 is 0 Å². The summed E-state index contributed by atoms with van der Waals surface area (Å²) in [7, 11) is 0. The monoisotopic (exact) mass is 281 g/mol. The van der Waals surface area contributed by atoms with Crippen LogP contribution in [0, 0.1) is 11.8 Å². The molecule has 0 bridgehead atoms. The van der Waals surface area contributed by atoms with E-state index in [9.17, 15) is 4.79 Å². The zero-order valence-electron chi connectivity index (χ0n) is 13.3. The van der Waals surface area contributed by atoms with Crippen molar-refractivity contribution < 1.29 is 4.79 Å². The smallest absolute Gasteiger partial charge is 0.234 e. The maximum Gasteiger partial charge on any atom is 0.234 e. The van der Waals surface area contributed by atoms with Gasteiger partial charge in [-0.15, -0.1) is 0 Å². The summed E-state index contributed by atoms with van der Waals surface area (Å²) < 4.78 is 0. The minimum atomic E-state index is 0.186. The summed E-state index contributed by atoms with van der Waals surface area (Å²) in [4.78, 5) is 14.4. The summed E-state index contributed by atoms with van der Waals surface area (Å²) >= 11 is 0. The van der Waals surface area contributed by atoms with E-state index in [0.29, 0.717) is 18.5 Å². The van der Waals surface area contributed by atoms with Crippen molar-refractivity contribution in [3.05, 3.63) is 0 Å². The molecule has 116 valence electrons.